The number of carbonyl (C=O) groups is 2. The minimum Gasteiger partial charge on any atom is -0.505 e. The molecule has 1 aromatic rings. The van der Waals surface area contributed by atoms with Crippen molar-refractivity contribution in [1.29, 1.82) is 0 Å². The number of likely N-dealkylation sites (N-methyl/N-ethyl adjacent to an activating group) is 1. The fourth-order valence-corrected chi connectivity index (χ4v) is 3.18. The van der Waals surface area contributed by atoms with Gasteiger partial charge in [-0.25, -0.2) is 4.98 Å². The maximum absolute atomic E-state index is 12.4. The van der Waals surface area contributed by atoms with Gasteiger partial charge in [0, 0.05) is 12.2 Å². The maximum Gasteiger partial charge on any atom is 0.323 e. The molecule has 1 amide bonds. The van der Waals surface area contributed by atoms with Gasteiger partial charge >= 0.3 is 5.97 Å². The summed E-state index contributed by atoms with van der Waals surface area (Å²) in [7, 11) is 1.78. The van der Waals surface area contributed by atoms with Crippen LogP contribution in [0.15, 0.2) is 18.3 Å². The van der Waals surface area contributed by atoms with Gasteiger partial charge in [-0.05, 0) is 52.8 Å². The average molecular weight is 365 g/mol. The number of nitrogens with zero attached hydrogens (tertiary/aromatic N) is 2. The third kappa shape index (κ3) is 4.70. The predicted molar refractivity (Wildman–Crippen MR) is 94.7 cm³/mol. The van der Waals surface area contributed by atoms with Crippen LogP contribution >= 0.6 is 0 Å². The van der Waals surface area contributed by atoms with E-state index in [9.17, 15) is 19.8 Å². The molecule has 1 aliphatic rings. The number of hydrogen-bond acceptors (Lipinski definition) is 7. The molecule has 26 heavy (non-hydrogen) atoms. The molecule has 0 bridgehead atoms. The lowest BCUT2D eigenvalue weighted by Crippen LogP contribution is -2.53. The molecule has 0 radical (unpaired) electrons. The van der Waals surface area contributed by atoms with Crippen LogP contribution in [0.25, 0.3) is 0 Å². The van der Waals surface area contributed by atoms with Crippen molar-refractivity contribution in [1.82, 2.24) is 15.2 Å². The second kappa shape index (κ2) is 8.01. The molecular formula is C18H27N3O5. The van der Waals surface area contributed by atoms with Gasteiger partial charge in [0.05, 0.1) is 12.6 Å². The van der Waals surface area contributed by atoms with Crippen molar-refractivity contribution in [2.45, 2.75) is 57.3 Å². The Hall–Kier alpha value is -2.19. The first-order chi connectivity index (χ1) is 12.1. The minimum absolute atomic E-state index is 0.102. The molecule has 0 aromatic carbocycles. The number of aromatic hydroxyl groups is 1. The van der Waals surface area contributed by atoms with Crippen LogP contribution in [0.3, 0.4) is 0 Å². The Balaban J connectivity index is 2.05. The summed E-state index contributed by atoms with van der Waals surface area (Å²) >= 11 is 0. The summed E-state index contributed by atoms with van der Waals surface area (Å²) in [5, 5.41) is 22.2. The lowest BCUT2D eigenvalue weighted by atomic mass is 10.1. The molecule has 0 unspecified atom stereocenters. The summed E-state index contributed by atoms with van der Waals surface area (Å²) in [5.41, 5.74) is -0.674. The number of hydrogen-bond donors (Lipinski definition) is 3. The fourth-order valence-electron chi connectivity index (χ4n) is 3.18. The van der Waals surface area contributed by atoms with Crippen LogP contribution in [0.5, 0.6) is 5.75 Å². The third-order valence-electron chi connectivity index (χ3n) is 4.41. The highest BCUT2D eigenvalue weighted by Gasteiger charge is 2.41. The number of esters is 1. The zero-order valence-corrected chi connectivity index (χ0v) is 15.6. The average Bonchev–Trinajstić information content (AvgIpc) is 2.93. The summed E-state index contributed by atoms with van der Waals surface area (Å²) in [6, 6.07) is 1.64. The van der Waals surface area contributed by atoms with E-state index in [2.05, 4.69) is 10.3 Å². The van der Waals surface area contributed by atoms with Crippen molar-refractivity contribution in [3.63, 3.8) is 0 Å². The first-order valence-corrected chi connectivity index (χ1v) is 8.64. The molecule has 3 N–H and O–H groups in total. The van der Waals surface area contributed by atoms with Gasteiger partial charge in [0.25, 0.3) is 5.91 Å². The number of pyridine rings is 1. The maximum atomic E-state index is 12.4. The first kappa shape index (κ1) is 20.1. The van der Waals surface area contributed by atoms with Gasteiger partial charge in [-0.3, -0.25) is 14.5 Å². The smallest absolute Gasteiger partial charge is 0.323 e. The Morgan fingerprint density at radius 3 is 2.69 bits per heavy atom. The van der Waals surface area contributed by atoms with Crippen LogP contribution in [-0.2, 0) is 9.53 Å². The lowest BCUT2D eigenvalue weighted by molar-refractivity contribution is -0.160. The lowest BCUT2D eigenvalue weighted by Gasteiger charge is -2.31. The van der Waals surface area contributed by atoms with Crippen molar-refractivity contribution in [3.05, 3.63) is 24.0 Å². The van der Waals surface area contributed by atoms with Crippen molar-refractivity contribution in [2.75, 3.05) is 13.7 Å². The number of aliphatic hydroxyl groups excluding tert-OH is 1. The van der Waals surface area contributed by atoms with Crippen LogP contribution < -0.4 is 5.32 Å². The van der Waals surface area contributed by atoms with Gasteiger partial charge in [0.15, 0.2) is 5.69 Å². The Morgan fingerprint density at radius 2 is 2.12 bits per heavy atom. The standard InChI is InChI=1S/C18H27N3O5/c1-18(2,3)26-17(25)13-8-7-12(21(13)4)11(10-22)20-16(24)15-14(23)6-5-9-19-15/h5-6,9,11-13,22-23H,7-8,10H2,1-4H3,(H,20,24)/t11-,12+,13+/m0/s1. The van der Waals surface area contributed by atoms with E-state index in [1.54, 1.807) is 7.05 Å². The summed E-state index contributed by atoms with van der Waals surface area (Å²) in [5.74, 6) is -1.11. The molecule has 0 saturated carbocycles. The van der Waals surface area contributed by atoms with Crippen LogP contribution in [-0.4, -0.2) is 69.4 Å². The molecule has 1 fully saturated rings. The molecule has 144 valence electrons. The summed E-state index contributed by atoms with van der Waals surface area (Å²) in [6.45, 7) is 5.14. The summed E-state index contributed by atoms with van der Waals surface area (Å²) in [4.78, 5) is 30.4. The Kier molecular flexibility index (Phi) is 6.20. The summed E-state index contributed by atoms with van der Waals surface area (Å²) in [6.07, 6.45) is 2.61. The van der Waals surface area contributed by atoms with E-state index in [1.165, 1.54) is 18.3 Å². The Bertz CT molecular complexity index is 658. The predicted octanol–water partition coefficient (Wildman–Crippen LogP) is 0.682. The van der Waals surface area contributed by atoms with Crippen LogP contribution in [0.4, 0.5) is 0 Å². The van der Waals surface area contributed by atoms with Gasteiger partial charge in [-0.1, -0.05) is 0 Å². The van der Waals surface area contributed by atoms with Gasteiger partial charge in [-0.15, -0.1) is 0 Å². The molecule has 8 heteroatoms. The highest BCUT2D eigenvalue weighted by molar-refractivity contribution is 5.95. The van der Waals surface area contributed by atoms with Gasteiger partial charge in [-0.2, -0.15) is 0 Å². The third-order valence-corrected chi connectivity index (χ3v) is 4.41. The number of amides is 1. The molecule has 3 atom stereocenters. The Morgan fingerprint density at radius 1 is 1.42 bits per heavy atom. The van der Waals surface area contributed by atoms with E-state index in [1.807, 2.05) is 25.7 Å². The molecule has 2 rings (SSSR count). The highest BCUT2D eigenvalue weighted by atomic mass is 16.6. The molecule has 0 spiro atoms. The largest absolute Gasteiger partial charge is 0.505 e. The second-order valence-corrected chi connectivity index (χ2v) is 7.49. The number of aliphatic hydroxyl groups is 1. The molecule has 8 nitrogen and oxygen atoms in total. The van der Waals surface area contributed by atoms with Crippen molar-refractivity contribution in [3.8, 4) is 5.75 Å². The molecular weight excluding hydrogens is 338 g/mol. The van der Waals surface area contributed by atoms with E-state index >= 15 is 0 Å². The second-order valence-electron chi connectivity index (χ2n) is 7.49. The SMILES string of the molecule is CN1[C@@H](C(=O)OC(C)(C)C)CC[C@@H]1[C@H](CO)NC(=O)c1ncccc1O. The van der Waals surface area contributed by atoms with Crippen molar-refractivity contribution < 1.29 is 24.5 Å². The van der Waals surface area contributed by atoms with E-state index in [-0.39, 0.29) is 30.1 Å². The first-order valence-electron chi connectivity index (χ1n) is 8.64. The molecule has 0 aliphatic carbocycles. The zero-order chi connectivity index (χ0) is 19.5. The van der Waals surface area contributed by atoms with Crippen LogP contribution in [0.1, 0.15) is 44.1 Å². The number of ether oxygens (including phenoxy) is 1. The van der Waals surface area contributed by atoms with E-state index < -0.39 is 23.6 Å². The number of nitrogens with one attached hydrogen (secondary N) is 1. The van der Waals surface area contributed by atoms with Crippen LogP contribution in [0.2, 0.25) is 0 Å². The van der Waals surface area contributed by atoms with E-state index in [0.29, 0.717) is 12.8 Å². The monoisotopic (exact) mass is 365 g/mol. The Labute approximate surface area is 153 Å². The molecule has 1 aromatic heterocycles. The number of aromatic nitrogens is 1. The number of likely N-dealkylation sites (tertiary alicyclic amines) is 1. The van der Waals surface area contributed by atoms with Gasteiger partial charge in [0.2, 0.25) is 0 Å². The van der Waals surface area contributed by atoms with Crippen molar-refractivity contribution >= 4 is 11.9 Å². The van der Waals surface area contributed by atoms with Gasteiger partial charge in [0.1, 0.15) is 17.4 Å². The molecule has 1 aliphatic heterocycles. The quantitative estimate of drug-likeness (QED) is 0.658. The fraction of sp³-hybridized carbons (Fsp3) is 0.611. The normalized spacial score (nSPS) is 22.0. The van der Waals surface area contributed by atoms with Gasteiger partial charge < -0.3 is 20.3 Å². The van der Waals surface area contributed by atoms with E-state index in [0.717, 1.165) is 0 Å². The van der Waals surface area contributed by atoms with E-state index in [4.69, 9.17) is 4.74 Å². The minimum atomic E-state index is -0.596. The molecule has 2 heterocycles. The topological polar surface area (TPSA) is 112 Å². The zero-order valence-electron chi connectivity index (χ0n) is 15.6. The highest BCUT2D eigenvalue weighted by Crippen LogP contribution is 2.27. The number of carbonyl (C=O) groups excluding carboxylic acids is 2. The van der Waals surface area contributed by atoms with Crippen molar-refractivity contribution in [2.24, 2.45) is 0 Å². The summed E-state index contributed by atoms with van der Waals surface area (Å²) < 4.78 is 5.45. The van der Waals surface area contributed by atoms with Crippen LogP contribution in [0, 0.1) is 0 Å². The number of rotatable bonds is 5. The molecule has 1 saturated heterocycles.